The third kappa shape index (κ3) is 2.79. The lowest BCUT2D eigenvalue weighted by Crippen LogP contribution is -2.54. The maximum absolute atomic E-state index is 13.2. The van der Waals surface area contributed by atoms with Gasteiger partial charge in [-0.2, -0.15) is 5.10 Å². The van der Waals surface area contributed by atoms with E-state index in [-0.39, 0.29) is 11.8 Å². The number of nitrogens with zero attached hydrogens (tertiary/aromatic N) is 5. The minimum atomic E-state index is -0.442. The van der Waals surface area contributed by atoms with Crippen LogP contribution in [0.4, 0.5) is 0 Å². The zero-order valence-electron chi connectivity index (χ0n) is 14.5. The third-order valence-electron chi connectivity index (χ3n) is 5.02. The summed E-state index contributed by atoms with van der Waals surface area (Å²) < 4.78 is 1.86. The number of aromatic nitrogens is 3. The summed E-state index contributed by atoms with van der Waals surface area (Å²) in [5.74, 6) is 1.46. The molecule has 0 aliphatic carbocycles. The van der Waals surface area contributed by atoms with Crippen LogP contribution < -0.4 is 0 Å². The Kier molecular flexibility index (Phi) is 3.78. The van der Waals surface area contributed by atoms with Crippen molar-refractivity contribution in [2.75, 3.05) is 6.54 Å². The van der Waals surface area contributed by atoms with E-state index < -0.39 is 6.04 Å². The van der Waals surface area contributed by atoms with Crippen molar-refractivity contribution in [3.8, 4) is 0 Å². The van der Waals surface area contributed by atoms with Crippen LogP contribution in [0, 0.1) is 6.92 Å². The Hall–Kier alpha value is -2.70. The Labute approximate surface area is 146 Å². The fraction of sp³-hybridized carbons (Fsp3) is 0.444. The van der Waals surface area contributed by atoms with Crippen molar-refractivity contribution in [2.24, 2.45) is 0 Å². The molecule has 7 heteroatoms. The second-order valence-electron chi connectivity index (χ2n) is 6.69. The molecule has 2 aliphatic rings. The molecule has 0 radical (unpaired) electrons. The maximum atomic E-state index is 13.2. The van der Waals surface area contributed by atoms with E-state index in [1.807, 2.05) is 35.9 Å². The Balaban J connectivity index is 1.59. The minimum Gasteiger partial charge on any atom is -0.332 e. The SMILES string of the molecule is CC(=O)N1Cc2ccccc2CC1C(=O)N1CCn2nc(C)nc2C1. The highest BCUT2D eigenvalue weighted by molar-refractivity contribution is 5.87. The number of hydrogen-bond acceptors (Lipinski definition) is 4. The summed E-state index contributed by atoms with van der Waals surface area (Å²) in [5.41, 5.74) is 2.27. The molecule has 2 aliphatic heterocycles. The van der Waals surface area contributed by atoms with Gasteiger partial charge < -0.3 is 9.80 Å². The third-order valence-corrected chi connectivity index (χ3v) is 5.02. The second kappa shape index (κ2) is 5.98. The Morgan fingerprint density at radius 1 is 1.12 bits per heavy atom. The number of fused-ring (bicyclic) bond motifs is 2. The van der Waals surface area contributed by atoms with Gasteiger partial charge in [0.05, 0.1) is 13.1 Å². The summed E-state index contributed by atoms with van der Waals surface area (Å²) in [6.45, 7) is 5.57. The van der Waals surface area contributed by atoms with Crippen molar-refractivity contribution in [3.63, 3.8) is 0 Å². The van der Waals surface area contributed by atoms with Gasteiger partial charge in [0, 0.05) is 26.4 Å². The van der Waals surface area contributed by atoms with Gasteiger partial charge in [0.25, 0.3) is 0 Å². The van der Waals surface area contributed by atoms with E-state index >= 15 is 0 Å². The average Bonchev–Trinajstić information content (AvgIpc) is 2.99. The lowest BCUT2D eigenvalue weighted by Gasteiger charge is -2.39. The summed E-state index contributed by atoms with van der Waals surface area (Å²) in [6.07, 6.45) is 0.566. The Bertz CT molecular complexity index is 844. The highest BCUT2D eigenvalue weighted by Gasteiger charge is 2.36. The zero-order valence-corrected chi connectivity index (χ0v) is 14.5. The van der Waals surface area contributed by atoms with Crippen molar-refractivity contribution in [1.82, 2.24) is 24.6 Å². The van der Waals surface area contributed by atoms with Gasteiger partial charge in [0.1, 0.15) is 17.7 Å². The van der Waals surface area contributed by atoms with Crippen molar-refractivity contribution in [1.29, 1.82) is 0 Å². The molecule has 2 amide bonds. The largest absolute Gasteiger partial charge is 0.332 e. The first-order valence-corrected chi connectivity index (χ1v) is 8.56. The molecule has 1 unspecified atom stereocenters. The number of carbonyl (C=O) groups excluding carboxylic acids is 2. The fourth-order valence-electron chi connectivity index (χ4n) is 3.73. The number of amides is 2. The van der Waals surface area contributed by atoms with Gasteiger partial charge in [-0.1, -0.05) is 24.3 Å². The van der Waals surface area contributed by atoms with Gasteiger partial charge in [-0.15, -0.1) is 0 Å². The summed E-state index contributed by atoms with van der Waals surface area (Å²) in [5, 5.41) is 4.33. The average molecular weight is 339 g/mol. The summed E-state index contributed by atoms with van der Waals surface area (Å²) in [7, 11) is 0. The predicted octanol–water partition coefficient (Wildman–Crippen LogP) is 0.902. The molecule has 0 bridgehead atoms. The van der Waals surface area contributed by atoms with E-state index in [1.54, 1.807) is 9.80 Å². The number of benzene rings is 1. The quantitative estimate of drug-likeness (QED) is 0.774. The van der Waals surface area contributed by atoms with Crippen LogP contribution in [0.25, 0.3) is 0 Å². The summed E-state index contributed by atoms with van der Waals surface area (Å²) in [6, 6.07) is 7.58. The topological polar surface area (TPSA) is 71.3 Å². The lowest BCUT2D eigenvalue weighted by atomic mass is 9.93. The van der Waals surface area contributed by atoms with Crippen LogP contribution in [0.5, 0.6) is 0 Å². The molecule has 1 atom stereocenters. The van der Waals surface area contributed by atoms with Crippen LogP contribution in [0.2, 0.25) is 0 Å². The van der Waals surface area contributed by atoms with Crippen LogP contribution >= 0.6 is 0 Å². The van der Waals surface area contributed by atoms with Gasteiger partial charge in [0.15, 0.2) is 0 Å². The van der Waals surface area contributed by atoms with Crippen molar-refractivity contribution in [3.05, 3.63) is 47.0 Å². The number of hydrogen-bond donors (Lipinski definition) is 0. The van der Waals surface area contributed by atoms with Gasteiger partial charge >= 0.3 is 0 Å². The fourth-order valence-corrected chi connectivity index (χ4v) is 3.73. The van der Waals surface area contributed by atoms with Gasteiger partial charge in [-0.25, -0.2) is 9.67 Å². The van der Waals surface area contributed by atoms with Crippen LogP contribution in [-0.4, -0.2) is 49.0 Å². The summed E-state index contributed by atoms with van der Waals surface area (Å²) in [4.78, 5) is 33.2. The van der Waals surface area contributed by atoms with Gasteiger partial charge in [-0.3, -0.25) is 9.59 Å². The van der Waals surface area contributed by atoms with E-state index in [4.69, 9.17) is 0 Å². The van der Waals surface area contributed by atoms with Crippen LogP contribution in [-0.2, 0) is 35.6 Å². The molecular weight excluding hydrogens is 318 g/mol. The van der Waals surface area contributed by atoms with E-state index in [9.17, 15) is 9.59 Å². The van der Waals surface area contributed by atoms with E-state index in [0.717, 1.165) is 22.8 Å². The molecule has 1 aromatic carbocycles. The molecule has 0 spiro atoms. The zero-order chi connectivity index (χ0) is 17.6. The molecule has 4 rings (SSSR count). The van der Waals surface area contributed by atoms with Crippen LogP contribution in [0.3, 0.4) is 0 Å². The van der Waals surface area contributed by atoms with Crippen LogP contribution in [0.1, 0.15) is 29.7 Å². The van der Waals surface area contributed by atoms with E-state index in [2.05, 4.69) is 10.1 Å². The monoisotopic (exact) mass is 339 g/mol. The molecule has 0 saturated heterocycles. The standard InChI is InChI=1S/C18H21N5O2/c1-12-19-17-11-21(7-8-23(17)20-12)18(25)16-9-14-5-3-4-6-15(14)10-22(16)13(2)24/h3-6,16H,7-11H2,1-2H3. The van der Waals surface area contributed by atoms with Crippen molar-refractivity contribution < 1.29 is 9.59 Å². The van der Waals surface area contributed by atoms with E-state index in [0.29, 0.717) is 32.6 Å². The number of carbonyl (C=O) groups is 2. The predicted molar refractivity (Wildman–Crippen MR) is 90.3 cm³/mol. The first-order chi connectivity index (χ1) is 12.0. The Morgan fingerprint density at radius 3 is 2.64 bits per heavy atom. The molecule has 7 nitrogen and oxygen atoms in total. The van der Waals surface area contributed by atoms with Crippen molar-refractivity contribution in [2.45, 2.75) is 45.9 Å². The van der Waals surface area contributed by atoms with Crippen molar-refractivity contribution >= 4 is 11.8 Å². The van der Waals surface area contributed by atoms with Crippen LogP contribution in [0.15, 0.2) is 24.3 Å². The maximum Gasteiger partial charge on any atom is 0.246 e. The molecular formula is C18H21N5O2. The number of aryl methyl sites for hydroxylation is 1. The molecule has 0 N–H and O–H groups in total. The minimum absolute atomic E-state index is 0.00314. The molecule has 1 aromatic heterocycles. The smallest absolute Gasteiger partial charge is 0.246 e. The summed E-state index contributed by atoms with van der Waals surface area (Å²) >= 11 is 0. The first-order valence-electron chi connectivity index (χ1n) is 8.56. The molecule has 130 valence electrons. The van der Waals surface area contributed by atoms with Gasteiger partial charge in [-0.05, 0) is 18.1 Å². The second-order valence-corrected chi connectivity index (χ2v) is 6.69. The molecule has 2 aromatic rings. The molecule has 3 heterocycles. The molecule has 0 saturated carbocycles. The molecule has 25 heavy (non-hydrogen) atoms. The Morgan fingerprint density at radius 2 is 1.88 bits per heavy atom. The van der Waals surface area contributed by atoms with E-state index in [1.165, 1.54) is 6.92 Å². The lowest BCUT2D eigenvalue weighted by molar-refractivity contribution is -0.147. The highest BCUT2D eigenvalue weighted by atomic mass is 16.2. The molecule has 0 fully saturated rings. The first kappa shape index (κ1) is 15.8. The normalized spacial score (nSPS) is 19.4. The number of rotatable bonds is 1. The van der Waals surface area contributed by atoms with Gasteiger partial charge in [0.2, 0.25) is 11.8 Å². The highest BCUT2D eigenvalue weighted by Crippen LogP contribution is 2.25.